The van der Waals surface area contributed by atoms with E-state index in [0.29, 0.717) is 18.7 Å². The van der Waals surface area contributed by atoms with Gasteiger partial charge in [-0.3, -0.25) is 9.59 Å². The predicted octanol–water partition coefficient (Wildman–Crippen LogP) is 0.679. The van der Waals surface area contributed by atoms with E-state index in [1.807, 2.05) is 20.8 Å². The Morgan fingerprint density at radius 3 is 2.40 bits per heavy atom. The van der Waals surface area contributed by atoms with Gasteiger partial charge in [0.15, 0.2) is 0 Å². The van der Waals surface area contributed by atoms with Crippen molar-refractivity contribution in [3.63, 3.8) is 0 Å². The Kier molecular flexibility index (Phi) is 7.21. The third-order valence-corrected chi connectivity index (χ3v) is 2.07. The van der Waals surface area contributed by atoms with Crippen LogP contribution in [0.2, 0.25) is 0 Å². The number of carbonyl (C=O) groups excluding carboxylic acids is 2. The van der Waals surface area contributed by atoms with E-state index in [9.17, 15) is 9.59 Å². The molecule has 88 valence electrons. The molecular formula is C10H20N2O2S. The van der Waals surface area contributed by atoms with Crippen LogP contribution in [0.15, 0.2) is 0 Å². The van der Waals surface area contributed by atoms with E-state index in [1.165, 1.54) is 4.90 Å². The van der Waals surface area contributed by atoms with Crippen LogP contribution in [0.4, 0.5) is 0 Å². The van der Waals surface area contributed by atoms with Crippen molar-refractivity contribution in [3.05, 3.63) is 0 Å². The van der Waals surface area contributed by atoms with Crippen LogP contribution in [-0.4, -0.2) is 41.6 Å². The van der Waals surface area contributed by atoms with E-state index in [1.54, 1.807) is 0 Å². The standard InChI is InChI=1S/C10H20N2O2S/c1-4-12(10(14)5-6-15)7-9(13)11-8(2)3/h8,15H,4-7H2,1-3H3,(H,11,13). The largest absolute Gasteiger partial charge is 0.352 e. The average Bonchev–Trinajstić information content (AvgIpc) is 2.13. The molecule has 2 amide bonds. The molecule has 0 saturated heterocycles. The van der Waals surface area contributed by atoms with Crippen molar-refractivity contribution >= 4 is 24.4 Å². The van der Waals surface area contributed by atoms with Crippen LogP contribution in [-0.2, 0) is 9.59 Å². The number of carbonyl (C=O) groups is 2. The Morgan fingerprint density at radius 2 is 2.00 bits per heavy atom. The zero-order valence-corrected chi connectivity index (χ0v) is 10.5. The SMILES string of the molecule is CCN(CC(=O)NC(C)C)C(=O)CCS. The molecule has 0 unspecified atom stereocenters. The Morgan fingerprint density at radius 1 is 1.40 bits per heavy atom. The maximum Gasteiger partial charge on any atom is 0.239 e. The zero-order valence-electron chi connectivity index (χ0n) is 9.62. The Labute approximate surface area is 96.8 Å². The summed E-state index contributed by atoms with van der Waals surface area (Å²) in [6.07, 6.45) is 0.381. The van der Waals surface area contributed by atoms with Crippen molar-refractivity contribution in [1.82, 2.24) is 10.2 Å². The van der Waals surface area contributed by atoms with Crippen LogP contribution in [0.3, 0.4) is 0 Å². The highest BCUT2D eigenvalue weighted by Gasteiger charge is 2.14. The Balaban J connectivity index is 4.08. The molecule has 0 aromatic carbocycles. The van der Waals surface area contributed by atoms with Crippen molar-refractivity contribution in [2.75, 3.05) is 18.8 Å². The van der Waals surface area contributed by atoms with Crippen LogP contribution in [0.5, 0.6) is 0 Å². The number of nitrogens with zero attached hydrogens (tertiary/aromatic N) is 1. The summed E-state index contributed by atoms with van der Waals surface area (Å²) in [6, 6.07) is 0.108. The van der Waals surface area contributed by atoms with Crippen molar-refractivity contribution in [2.45, 2.75) is 33.2 Å². The molecule has 1 N–H and O–H groups in total. The lowest BCUT2D eigenvalue weighted by Gasteiger charge is -2.20. The number of nitrogens with one attached hydrogen (secondary N) is 1. The fraction of sp³-hybridized carbons (Fsp3) is 0.800. The molecule has 15 heavy (non-hydrogen) atoms. The Hall–Kier alpha value is -0.710. The van der Waals surface area contributed by atoms with Gasteiger partial charge in [0.05, 0.1) is 6.54 Å². The summed E-state index contributed by atoms with van der Waals surface area (Å²) >= 11 is 3.99. The lowest BCUT2D eigenvalue weighted by molar-refractivity contribution is -0.135. The van der Waals surface area contributed by atoms with Gasteiger partial charge in [-0.1, -0.05) is 0 Å². The highest BCUT2D eigenvalue weighted by atomic mass is 32.1. The summed E-state index contributed by atoms with van der Waals surface area (Å²) in [4.78, 5) is 24.4. The second kappa shape index (κ2) is 7.56. The zero-order chi connectivity index (χ0) is 11.8. The molecule has 0 aliphatic heterocycles. The highest BCUT2D eigenvalue weighted by molar-refractivity contribution is 7.80. The number of likely N-dealkylation sites (N-methyl/N-ethyl adjacent to an activating group) is 1. The number of thiol groups is 1. The first-order valence-corrected chi connectivity index (χ1v) is 5.82. The maximum atomic E-state index is 11.5. The van der Waals surface area contributed by atoms with Gasteiger partial charge in [0.1, 0.15) is 0 Å². The van der Waals surface area contributed by atoms with Crippen molar-refractivity contribution in [3.8, 4) is 0 Å². The molecule has 0 aliphatic carbocycles. The first-order chi connectivity index (χ1) is 7.01. The highest BCUT2D eigenvalue weighted by Crippen LogP contribution is 1.96. The predicted molar refractivity (Wildman–Crippen MR) is 64.0 cm³/mol. The lowest BCUT2D eigenvalue weighted by Crippen LogP contribution is -2.42. The topological polar surface area (TPSA) is 49.4 Å². The minimum absolute atomic E-state index is 0.0218. The van der Waals surface area contributed by atoms with Gasteiger partial charge in [-0.05, 0) is 26.5 Å². The molecule has 0 saturated carbocycles. The van der Waals surface area contributed by atoms with Crippen molar-refractivity contribution in [1.29, 1.82) is 0 Å². The van der Waals surface area contributed by atoms with E-state index >= 15 is 0 Å². The molecule has 0 rings (SSSR count). The van der Waals surface area contributed by atoms with Gasteiger partial charge in [0, 0.05) is 19.0 Å². The quantitative estimate of drug-likeness (QED) is 0.662. The fourth-order valence-electron chi connectivity index (χ4n) is 1.17. The van der Waals surface area contributed by atoms with Gasteiger partial charge in [-0.2, -0.15) is 12.6 Å². The summed E-state index contributed by atoms with van der Waals surface area (Å²) in [5.74, 6) is 0.381. The first-order valence-electron chi connectivity index (χ1n) is 5.19. The summed E-state index contributed by atoms with van der Waals surface area (Å²) in [7, 11) is 0. The molecule has 0 atom stereocenters. The number of rotatable bonds is 6. The third-order valence-electron chi connectivity index (χ3n) is 1.84. The first kappa shape index (κ1) is 14.3. The van der Waals surface area contributed by atoms with Crippen LogP contribution in [0.1, 0.15) is 27.2 Å². The molecule has 4 nitrogen and oxygen atoms in total. The van der Waals surface area contributed by atoms with Gasteiger partial charge < -0.3 is 10.2 Å². The van der Waals surface area contributed by atoms with Gasteiger partial charge in [-0.15, -0.1) is 0 Å². The molecule has 5 heteroatoms. The van der Waals surface area contributed by atoms with E-state index in [0.717, 1.165) is 0 Å². The molecule has 0 aromatic rings. The molecule has 0 spiro atoms. The maximum absolute atomic E-state index is 11.5. The molecule has 0 aliphatic rings. The van der Waals surface area contributed by atoms with Crippen molar-refractivity contribution < 1.29 is 9.59 Å². The molecular weight excluding hydrogens is 212 g/mol. The summed E-state index contributed by atoms with van der Waals surface area (Å²) in [6.45, 7) is 6.34. The normalized spacial score (nSPS) is 10.2. The van der Waals surface area contributed by atoms with Gasteiger partial charge in [-0.25, -0.2) is 0 Å². The minimum Gasteiger partial charge on any atom is -0.352 e. The monoisotopic (exact) mass is 232 g/mol. The summed E-state index contributed by atoms with van der Waals surface area (Å²) < 4.78 is 0. The second-order valence-corrected chi connectivity index (χ2v) is 4.05. The second-order valence-electron chi connectivity index (χ2n) is 3.60. The van der Waals surface area contributed by atoms with Crippen LogP contribution < -0.4 is 5.32 Å². The van der Waals surface area contributed by atoms with Crippen LogP contribution >= 0.6 is 12.6 Å². The molecule has 0 fully saturated rings. The molecule has 0 aromatic heterocycles. The van der Waals surface area contributed by atoms with E-state index in [-0.39, 0.29) is 24.4 Å². The number of amides is 2. The molecule has 0 bridgehead atoms. The fourth-order valence-corrected chi connectivity index (χ4v) is 1.36. The van der Waals surface area contributed by atoms with Gasteiger partial charge in [0.25, 0.3) is 0 Å². The third kappa shape index (κ3) is 6.38. The average molecular weight is 232 g/mol. The van der Waals surface area contributed by atoms with Gasteiger partial charge in [0.2, 0.25) is 11.8 Å². The molecule has 0 heterocycles. The lowest BCUT2D eigenvalue weighted by atomic mass is 10.3. The summed E-state index contributed by atoms with van der Waals surface area (Å²) in [5, 5.41) is 2.75. The minimum atomic E-state index is -0.112. The smallest absolute Gasteiger partial charge is 0.239 e. The number of hydrogen-bond acceptors (Lipinski definition) is 3. The summed E-state index contributed by atoms with van der Waals surface area (Å²) in [5.41, 5.74) is 0. The van der Waals surface area contributed by atoms with Crippen molar-refractivity contribution in [2.24, 2.45) is 0 Å². The van der Waals surface area contributed by atoms with E-state index in [4.69, 9.17) is 0 Å². The van der Waals surface area contributed by atoms with E-state index in [2.05, 4.69) is 17.9 Å². The number of hydrogen-bond donors (Lipinski definition) is 2. The van der Waals surface area contributed by atoms with E-state index < -0.39 is 0 Å². The van der Waals surface area contributed by atoms with Crippen LogP contribution in [0.25, 0.3) is 0 Å². The van der Waals surface area contributed by atoms with Crippen LogP contribution in [0, 0.1) is 0 Å². The molecule has 0 radical (unpaired) electrons. The van der Waals surface area contributed by atoms with Gasteiger partial charge >= 0.3 is 0 Å². The Bertz CT molecular complexity index is 219.